The Labute approximate surface area is 113 Å². The highest BCUT2D eigenvalue weighted by Crippen LogP contribution is 2.38. The first-order valence-electron chi connectivity index (χ1n) is 7.62. The van der Waals surface area contributed by atoms with Gasteiger partial charge in [-0.3, -0.25) is 0 Å². The summed E-state index contributed by atoms with van der Waals surface area (Å²) in [6.45, 7) is 9.05. The lowest BCUT2D eigenvalue weighted by molar-refractivity contribution is 0.0896. The Morgan fingerprint density at radius 3 is 2.56 bits per heavy atom. The van der Waals surface area contributed by atoms with Gasteiger partial charge in [0.1, 0.15) is 0 Å². The van der Waals surface area contributed by atoms with Crippen LogP contribution in [0.1, 0.15) is 46.0 Å². The lowest BCUT2D eigenvalue weighted by Gasteiger charge is -2.42. The first kappa shape index (κ1) is 15.9. The van der Waals surface area contributed by atoms with Crippen LogP contribution in [0.25, 0.3) is 0 Å². The molecule has 0 radical (unpaired) electrons. The molecule has 1 rings (SSSR count). The van der Waals surface area contributed by atoms with Crippen LogP contribution in [0.2, 0.25) is 0 Å². The van der Waals surface area contributed by atoms with E-state index >= 15 is 0 Å². The maximum Gasteiger partial charge on any atom is 0.0558 e. The Balaban J connectivity index is 2.50. The molecule has 0 aromatic heterocycles. The molecule has 1 aliphatic rings. The Bertz CT molecular complexity index is 213. The number of nitrogens with zero attached hydrogens (tertiary/aromatic N) is 1. The van der Waals surface area contributed by atoms with Gasteiger partial charge in [0.15, 0.2) is 0 Å². The van der Waals surface area contributed by atoms with Crippen LogP contribution in [0.3, 0.4) is 0 Å². The van der Waals surface area contributed by atoms with Gasteiger partial charge in [-0.15, -0.1) is 0 Å². The van der Waals surface area contributed by atoms with Crippen LogP contribution in [-0.2, 0) is 0 Å². The highest BCUT2D eigenvalue weighted by atomic mass is 16.3. The zero-order valence-corrected chi connectivity index (χ0v) is 12.5. The fourth-order valence-electron chi connectivity index (χ4n) is 3.12. The van der Waals surface area contributed by atoms with Crippen molar-refractivity contribution in [2.75, 3.05) is 39.8 Å². The highest BCUT2D eigenvalue weighted by Gasteiger charge is 2.34. The summed E-state index contributed by atoms with van der Waals surface area (Å²) in [5, 5.41) is 12.7. The SMILES string of the molecule is CCCNCC1(CN(C)CCO)CCC(C)CC1. The van der Waals surface area contributed by atoms with E-state index in [2.05, 4.69) is 31.1 Å². The third-order valence-corrected chi connectivity index (χ3v) is 4.35. The van der Waals surface area contributed by atoms with Crippen molar-refractivity contribution in [2.45, 2.75) is 46.0 Å². The minimum absolute atomic E-state index is 0.269. The summed E-state index contributed by atoms with van der Waals surface area (Å²) in [5.74, 6) is 0.896. The van der Waals surface area contributed by atoms with Gasteiger partial charge in [-0.05, 0) is 44.2 Å². The van der Waals surface area contributed by atoms with Gasteiger partial charge in [0, 0.05) is 19.6 Å². The molecule has 18 heavy (non-hydrogen) atoms. The quantitative estimate of drug-likeness (QED) is 0.653. The molecule has 0 heterocycles. The van der Waals surface area contributed by atoms with Crippen LogP contribution in [0.15, 0.2) is 0 Å². The van der Waals surface area contributed by atoms with E-state index in [9.17, 15) is 0 Å². The Hall–Kier alpha value is -0.120. The van der Waals surface area contributed by atoms with Crippen LogP contribution in [0.4, 0.5) is 0 Å². The number of hydrogen-bond acceptors (Lipinski definition) is 3. The predicted molar refractivity (Wildman–Crippen MR) is 77.8 cm³/mol. The number of rotatable bonds is 8. The van der Waals surface area contributed by atoms with Crippen molar-refractivity contribution in [1.29, 1.82) is 0 Å². The molecule has 0 atom stereocenters. The number of aliphatic hydroxyl groups excluding tert-OH is 1. The van der Waals surface area contributed by atoms with Crippen molar-refractivity contribution < 1.29 is 5.11 Å². The van der Waals surface area contributed by atoms with E-state index in [0.717, 1.165) is 32.1 Å². The maximum absolute atomic E-state index is 9.05. The molecule has 1 aliphatic carbocycles. The molecule has 0 aliphatic heterocycles. The molecular weight excluding hydrogens is 224 g/mol. The van der Waals surface area contributed by atoms with Gasteiger partial charge >= 0.3 is 0 Å². The fraction of sp³-hybridized carbons (Fsp3) is 1.00. The first-order chi connectivity index (χ1) is 8.62. The van der Waals surface area contributed by atoms with E-state index in [-0.39, 0.29) is 6.61 Å². The summed E-state index contributed by atoms with van der Waals surface area (Å²) in [6.07, 6.45) is 6.60. The molecule has 0 amide bonds. The third-order valence-electron chi connectivity index (χ3n) is 4.35. The lowest BCUT2D eigenvalue weighted by atomic mass is 9.70. The number of hydrogen-bond donors (Lipinski definition) is 2. The number of nitrogens with one attached hydrogen (secondary N) is 1. The topological polar surface area (TPSA) is 35.5 Å². The van der Waals surface area contributed by atoms with Crippen molar-refractivity contribution in [3.05, 3.63) is 0 Å². The lowest BCUT2D eigenvalue weighted by Crippen LogP contribution is -2.45. The highest BCUT2D eigenvalue weighted by molar-refractivity contribution is 4.88. The monoisotopic (exact) mass is 256 g/mol. The Kier molecular flexibility index (Phi) is 7.20. The smallest absolute Gasteiger partial charge is 0.0558 e. The van der Waals surface area contributed by atoms with Gasteiger partial charge in [0.2, 0.25) is 0 Å². The summed E-state index contributed by atoms with van der Waals surface area (Å²) in [5.41, 5.74) is 0.436. The van der Waals surface area contributed by atoms with Crippen molar-refractivity contribution in [1.82, 2.24) is 10.2 Å². The second-order valence-electron chi connectivity index (χ2n) is 6.32. The zero-order valence-electron chi connectivity index (χ0n) is 12.5. The normalized spacial score (nSPS) is 28.8. The fourth-order valence-corrected chi connectivity index (χ4v) is 3.12. The summed E-state index contributed by atoms with van der Waals surface area (Å²) >= 11 is 0. The Morgan fingerprint density at radius 1 is 1.33 bits per heavy atom. The van der Waals surface area contributed by atoms with Crippen LogP contribution in [-0.4, -0.2) is 49.8 Å². The minimum atomic E-state index is 0.269. The van der Waals surface area contributed by atoms with E-state index in [1.807, 2.05) is 0 Å². The van der Waals surface area contributed by atoms with Crippen LogP contribution < -0.4 is 5.32 Å². The minimum Gasteiger partial charge on any atom is -0.395 e. The van der Waals surface area contributed by atoms with Gasteiger partial charge < -0.3 is 15.3 Å². The number of likely N-dealkylation sites (N-methyl/N-ethyl adjacent to an activating group) is 1. The van der Waals surface area contributed by atoms with Crippen molar-refractivity contribution in [3.63, 3.8) is 0 Å². The van der Waals surface area contributed by atoms with Crippen molar-refractivity contribution in [3.8, 4) is 0 Å². The molecule has 0 unspecified atom stereocenters. The number of aliphatic hydroxyl groups is 1. The average molecular weight is 256 g/mol. The summed E-state index contributed by atoms with van der Waals surface area (Å²) in [6, 6.07) is 0. The molecule has 108 valence electrons. The molecule has 2 N–H and O–H groups in total. The predicted octanol–water partition coefficient (Wildman–Crippen LogP) is 2.11. The van der Waals surface area contributed by atoms with Gasteiger partial charge in [-0.25, -0.2) is 0 Å². The molecule has 0 bridgehead atoms. The van der Waals surface area contributed by atoms with Crippen molar-refractivity contribution >= 4 is 0 Å². The average Bonchev–Trinajstić information content (AvgIpc) is 2.34. The standard InChI is InChI=1S/C15H32N2O/c1-4-9-16-12-15(13-17(3)10-11-18)7-5-14(2)6-8-15/h14,16,18H,4-13H2,1-3H3. The van der Waals surface area contributed by atoms with Gasteiger partial charge in [-0.2, -0.15) is 0 Å². The first-order valence-corrected chi connectivity index (χ1v) is 7.62. The van der Waals surface area contributed by atoms with E-state index < -0.39 is 0 Å². The molecule has 3 heteroatoms. The Morgan fingerprint density at radius 2 is 2.00 bits per heavy atom. The van der Waals surface area contributed by atoms with Crippen LogP contribution in [0.5, 0.6) is 0 Å². The van der Waals surface area contributed by atoms with Gasteiger partial charge in [-0.1, -0.05) is 26.7 Å². The molecule has 0 aromatic carbocycles. The molecule has 0 saturated heterocycles. The van der Waals surface area contributed by atoms with Gasteiger partial charge in [0.05, 0.1) is 6.61 Å². The zero-order chi connectivity index (χ0) is 13.4. The van der Waals surface area contributed by atoms with Crippen molar-refractivity contribution in [2.24, 2.45) is 11.3 Å². The van der Waals surface area contributed by atoms with Crippen LogP contribution >= 0.6 is 0 Å². The largest absolute Gasteiger partial charge is 0.395 e. The van der Waals surface area contributed by atoms with E-state index in [4.69, 9.17) is 5.11 Å². The molecule has 1 fully saturated rings. The van der Waals surface area contributed by atoms with E-state index in [1.54, 1.807) is 0 Å². The second-order valence-corrected chi connectivity index (χ2v) is 6.32. The molecule has 0 aromatic rings. The second kappa shape index (κ2) is 8.13. The van der Waals surface area contributed by atoms with Crippen LogP contribution in [0, 0.1) is 11.3 Å². The van der Waals surface area contributed by atoms with E-state index in [0.29, 0.717) is 5.41 Å². The summed E-state index contributed by atoms with van der Waals surface area (Å²) < 4.78 is 0. The molecule has 3 nitrogen and oxygen atoms in total. The maximum atomic E-state index is 9.05. The van der Waals surface area contributed by atoms with Gasteiger partial charge in [0.25, 0.3) is 0 Å². The molecule has 1 saturated carbocycles. The molecular formula is C15H32N2O. The van der Waals surface area contributed by atoms with E-state index in [1.165, 1.54) is 32.1 Å². The molecule has 0 spiro atoms. The third kappa shape index (κ3) is 5.25. The summed E-state index contributed by atoms with van der Waals surface area (Å²) in [4.78, 5) is 2.30. The summed E-state index contributed by atoms with van der Waals surface area (Å²) in [7, 11) is 2.13.